The molecule has 0 radical (unpaired) electrons. The quantitative estimate of drug-likeness (QED) is 0.383. The van der Waals surface area contributed by atoms with E-state index >= 15 is 0 Å². The molecule has 0 aliphatic heterocycles. The standard InChI is InChI=1S/H4IP2S2/c2-3-5-1-4/h3-4H,2H2/q-1/i3D,4D. The van der Waals surface area contributed by atoms with Gasteiger partial charge in [-0.15, -0.1) is 0 Å². The van der Waals surface area contributed by atoms with Gasteiger partial charge >= 0.3 is 55.4 Å². The van der Waals surface area contributed by atoms with Crippen LogP contribution in [-0.2, 0) is 0 Å². The van der Waals surface area contributed by atoms with Crippen molar-refractivity contribution < 1.29 is 18.4 Å². The molecular formula is H4IP2S2-. The fourth-order valence-electron chi connectivity index (χ4n) is 0.0163. The van der Waals surface area contributed by atoms with E-state index in [1.807, 2.05) is 0 Å². The van der Waals surface area contributed by atoms with Crippen molar-refractivity contribution in [3.63, 3.8) is 0 Å². The third-order valence-electron chi connectivity index (χ3n) is 0.0680. The molecule has 0 aliphatic rings. The predicted octanol–water partition coefficient (Wildman–Crippen LogP) is -1.05. The fourth-order valence-corrected chi connectivity index (χ4v) is 8.84. The Bertz CT molecular complexity index is 42.7. The normalized spacial score (nSPS) is 21.0. The van der Waals surface area contributed by atoms with Crippen molar-refractivity contribution in [2.24, 2.45) is 0 Å². The first-order chi connectivity index (χ1) is 3.27. The summed E-state index contributed by atoms with van der Waals surface area (Å²) < 4.78 is 13.7. The Morgan fingerprint density at radius 3 is 3.60 bits per heavy atom. The molecule has 0 rings (SSSR count). The first-order valence-corrected chi connectivity index (χ1v) is 10.2. The fraction of sp³-hybridized carbons (Fsp3) is 0. The van der Waals surface area contributed by atoms with Gasteiger partial charge in [0.05, 0.1) is 0 Å². The molecule has 0 aromatic rings. The second kappa shape index (κ2) is 6.29. The summed E-state index contributed by atoms with van der Waals surface area (Å²) in [6.07, 6.45) is 0. The van der Waals surface area contributed by atoms with Crippen LogP contribution in [0.25, 0.3) is 0 Å². The average Bonchev–Trinajstić information content (AvgIpc) is 1.61. The summed E-state index contributed by atoms with van der Waals surface area (Å²) in [6.45, 7) is 0. The summed E-state index contributed by atoms with van der Waals surface area (Å²) in [5, 5.41) is 0. The van der Waals surface area contributed by atoms with Gasteiger partial charge in [0.1, 0.15) is 0 Å². The molecule has 0 N–H and O–H groups in total. The summed E-state index contributed by atoms with van der Waals surface area (Å²) in [7, 11) is 4.56. The molecule has 5 heteroatoms. The second-order valence-corrected chi connectivity index (χ2v) is 10.8. The maximum absolute atomic E-state index is 7.00. The van der Waals surface area contributed by atoms with Gasteiger partial charge in [-0.3, -0.25) is 0 Å². The zero-order valence-electron chi connectivity index (χ0n) is 4.22. The van der Waals surface area contributed by atoms with Crippen LogP contribution in [0.3, 0.4) is 0 Å². The van der Waals surface area contributed by atoms with Crippen LogP contribution in [0.2, 0.25) is 0 Å². The zero-order chi connectivity index (χ0) is 5.70. The SMILES string of the molecule is [2H]S[I-]SP([2H])P. The molecule has 0 saturated carbocycles. The van der Waals surface area contributed by atoms with Gasteiger partial charge in [0.25, 0.3) is 0 Å². The Morgan fingerprint density at radius 1 is 2.60 bits per heavy atom. The van der Waals surface area contributed by atoms with Crippen molar-refractivity contribution in [3.05, 3.63) is 0 Å². The molecular weight excluding hydrogens is 253 g/mol. The summed E-state index contributed by atoms with van der Waals surface area (Å²) in [6, 6.07) is 0. The molecule has 5 heavy (non-hydrogen) atoms. The molecule has 0 nitrogen and oxygen atoms in total. The van der Waals surface area contributed by atoms with E-state index in [1.54, 1.807) is 8.55 Å². The van der Waals surface area contributed by atoms with E-state index in [4.69, 9.17) is 2.40 Å². The summed E-state index contributed by atoms with van der Waals surface area (Å²) >= 11 is -0.0918. The molecule has 0 aromatic carbocycles. The van der Waals surface area contributed by atoms with E-state index < -0.39 is 7.42 Å². The van der Waals surface area contributed by atoms with Crippen molar-refractivity contribution in [3.8, 4) is 0 Å². The zero-order valence-corrected chi connectivity index (χ0v) is 8.06. The number of rotatable bonds is 3. The van der Waals surface area contributed by atoms with Gasteiger partial charge in [-0.05, 0) is 0 Å². The number of halogens is 1. The Kier molecular flexibility index (Phi) is 5.28. The van der Waals surface area contributed by atoms with E-state index in [0.717, 1.165) is 9.70 Å². The van der Waals surface area contributed by atoms with Crippen molar-refractivity contribution in [1.82, 2.24) is 0 Å². The summed E-state index contributed by atoms with van der Waals surface area (Å²) in [5.74, 6) is 0. The van der Waals surface area contributed by atoms with Crippen LogP contribution in [0.15, 0.2) is 0 Å². The first-order valence-electron chi connectivity index (χ1n) is 1.60. The van der Waals surface area contributed by atoms with Crippen molar-refractivity contribution >= 4 is 34.6 Å². The molecule has 34 valence electrons. The summed E-state index contributed by atoms with van der Waals surface area (Å²) in [5.41, 5.74) is 0. The Labute approximate surface area is 55.2 Å². The molecule has 0 fully saturated rings. The minimum absolute atomic E-state index is 0.0918. The van der Waals surface area contributed by atoms with E-state index in [-0.39, 0.29) is 18.4 Å². The molecule has 0 aliphatic carbocycles. The van der Waals surface area contributed by atoms with Gasteiger partial charge in [0.2, 0.25) is 0 Å². The Hall–Kier alpha value is 2.29. The minimum atomic E-state index is -0.615. The molecule has 0 amide bonds. The van der Waals surface area contributed by atoms with Gasteiger partial charge < -0.3 is 0 Å². The van der Waals surface area contributed by atoms with Crippen LogP contribution in [0.5, 0.6) is 0 Å². The Morgan fingerprint density at radius 2 is 3.40 bits per heavy atom. The average molecular weight is 259 g/mol. The van der Waals surface area contributed by atoms with Crippen molar-refractivity contribution in [1.29, 1.82) is 2.40 Å². The third kappa shape index (κ3) is 6.29. The molecule has 0 spiro atoms. The van der Waals surface area contributed by atoms with Crippen molar-refractivity contribution in [2.75, 3.05) is 0 Å². The number of hydrogen-bond donors (Lipinski definition) is 1. The Balaban J connectivity index is 2.68. The van der Waals surface area contributed by atoms with Crippen molar-refractivity contribution in [2.45, 2.75) is 0 Å². The van der Waals surface area contributed by atoms with Crippen LogP contribution in [0.4, 0.5) is 0 Å². The molecule has 2 unspecified atom stereocenters. The van der Waals surface area contributed by atoms with Gasteiger partial charge in [-0.2, -0.15) is 0 Å². The van der Waals surface area contributed by atoms with Crippen LogP contribution >= 0.6 is 34.6 Å². The van der Waals surface area contributed by atoms with Gasteiger partial charge in [-0.1, -0.05) is 0 Å². The first kappa shape index (κ1) is 4.20. The maximum atomic E-state index is 7.00. The van der Waals surface area contributed by atoms with E-state index in [2.05, 4.69) is 8.93 Å². The monoisotopic (exact) mass is 259 g/mol. The van der Waals surface area contributed by atoms with Crippen LogP contribution in [0.1, 0.15) is 0 Å². The number of hydrogen-bond acceptors (Lipinski definition) is 2. The van der Waals surface area contributed by atoms with Gasteiger partial charge in [0, 0.05) is 0 Å². The van der Waals surface area contributed by atoms with E-state index in [9.17, 15) is 0 Å². The predicted molar refractivity (Wildman–Crippen MR) is 34.6 cm³/mol. The van der Waals surface area contributed by atoms with E-state index in [1.165, 1.54) is 0 Å². The van der Waals surface area contributed by atoms with Gasteiger partial charge in [-0.25, -0.2) is 0 Å². The molecule has 0 bridgehead atoms. The van der Waals surface area contributed by atoms with Crippen LogP contribution < -0.4 is 18.4 Å². The van der Waals surface area contributed by atoms with Gasteiger partial charge in [0.15, 0.2) is 0 Å². The molecule has 0 saturated heterocycles. The van der Waals surface area contributed by atoms with E-state index in [0.29, 0.717) is 0 Å². The third-order valence-corrected chi connectivity index (χ3v) is 12.3. The van der Waals surface area contributed by atoms with Crippen LogP contribution in [0, 0.1) is 0 Å². The molecule has 0 aromatic heterocycles. The summed E-state index contributed by atoms with van der Waals surface area (Å²) in [4.78, 5) is 0. The number of thiol groups is 1. The van der Waals surface area contributed by atoms with Crippen LogP contribution in [-0.4, -0.2) is 2.40 Å². The second-order valence-electron chi connectivity index (χ2n) is 0.237. The molecule has 0 heterocycles. The molecule has 2 atom stereocenters. The topological polar surface area (TPSA) is 0 Å².